The van der Waals surface area contributed by atoms with Crippen molar-refractivity contribution in [2.75, 3.05) is 9.80 Å². The zero-order chi connectivity index (χ0) is 36.2. The summed E-state index contributed by atoms with van der Waals surface area (Å²) in [5.41, 5.74) is 16.3. The second-order valence-corrected chi connectivity index (χ2v) is 14.6. The van der Waals surface area contributed by atoms with Crippen molar-refractivity contribution in [3.8, 4) is 44.9 Å². The van der Waals surface area contributed by atoms with Gasteiger partial charge >= 0.3 is 0 Å². The molecule has 0 saturated heterocycles. The number of ether oxygens (including phenoxy) is 1. The fraction of sp³-hybridized carbons (Fsp3) is 0.0588. The number of hydrogen-bond acceptors (Lipinski definition) is 3. The molecule has 258 valence electrons. The largest absolute Gasteiger partial charge is 0.453 e. The van der Waals surface area contributed by atoms with Gasteiger partial charge in [0.25, 0.3) is 0 Å². The first-order valence-corrected chi connectivity index (χ1v) is 18.6. The van der Waals surface area contributed by atoms with Gasteiger partial charge in [-0.2, -0.15) is 0 Å². The predicted octanol–water partition coefficient (Wildman–Crippen LogP) is 14.4. The molecular formula is C51H38N2O. The lowest BCUT2D eigenvalue weighted by molar-refractivity contribution is 0.477. The molecule has 0 fully saturated rings. The van der Waals surface area contributed by atoms with E-state index in [0.29, 0.717) is 0 Å². The SMILES string of the molecule is CC1(C)c2ccccc2-c2ccc(N(c3ccc(-c4ccc(-c5ccccc5)cc4)cc3)c3ccc4c(c3)Oc3ccccc3N4c3ccccc3)cc21. The van der Waals surface area contributed by atoms with Crippen LogP contribution in [0, 0.1) is 0 Å². The molecule has 8 aromatic carbocycles. The van der Waals surface area contributed by atoms with E-state index in [0.717, 1.165) is 45.6 Å². The van der Waals surface area contributed by atoms with E-state index in [1.54, 1.807) is 0 Å². The third kappa shape index (κ3) is 5.28. The smallest absolute Gasteiger partial charge is 0.153 e. The highest BCUT2D eigenvalue weighted by Gasteiger charge is 2.36. The van der Waals surface area contributed by atoms with Crippen molar-refractivity contribution in [2.24, 2.45) is 0 Å². The lowest BCUT2D eigenvalue weighted by Gasteiger charge is -2.34. The molecule has 0 amide bonds. The van der Waals surface area contributed by atoms with Crippen LogP contribution in [0.1, 0.15) is 25.0 Å². The van der Waals surface area contributed by atoms with Gasteiger partial charge in [0.15, 0.2) is 11.5 Å². The summed E-state index contributed by atoms with van der Waals surface area (Å²) in [5.74, 6) is 1.64. The van der Waals surface area contributed by atoms with Crippen molar-refractivity contribution < 1.29 is 4.74 Å². The van der Waals surface area contributed by atoms with E-state index in [1.165, 1.54) is 44.5 Å². The molecule has 10 rings (SSSR count). The van der Waals surface area contributed by atoms with Crippen LogP contribution < -0.4 is 14.5 Å². The number of anilines is 6. The van der Waals surface area contributed by atoms with Gasteiger partial charge in [-0.1, -0.05) is 141 Å². The van der Waals surface area contributed by atoms with Crippen molar-refractivity contribution in [3.05, 3.63) is 205 Å². The molecule has 1 heterocycles. The Kier molecular flexibility index (Phi) is 7.48. The summed E-state index contributed by atoms with van der Waals surface area (Å²) in [5, 5.41) is 0. The van der Waals surface area contributed by atoms with Gasteiger partial charge in [-0.25, -0.2) is 0 Å². The topological polar surface area (TPSA) is 15.7 Å². The van der Waals surface area contributed by atoms with Crippen LogP contribution in [0.2, 0.25) is 0 Å². The molecule has 0 saturated carbocycles. The molecule has 1 aliphatic carbocycles. The minimum atomic E-state index is -0.123. The van der Waals surface area contributed by atoms with Gasteiger partial charge in [0.1, 0.15) is 0 Å². The minimum Gasteiger partial charge on any atom is -0.453 e. The summed E-state index contributed by atoms with van der Waals surface area (Å²) in [7, 11) is 0. The monoisotopic (exact) mass is 694 g/mol. The van der Waals surface area contributed by atoms with Crippen LogP contribution in [0.4, 0.5) is 34.1 Å². The van der Waals surface area contributed by atoms with Crippen molar-refractivity contribution >= 4 is 34.1 Å². The zero-order valence-electron chi connectivity index (χ0n) is 30.3. The minimum absolute atomic E-state index is 0.123. The molecule has 0 N–H and O–H groups in total. The molecule has 2 aliphatic rings. The predicted molar refractivity (Wildman–Crippen MR) is 224 cm³/mol. The van der Waals surface area contributed by atoms with Crippen LogP contribution in [0.15, 0.2) is 194 Å². The van der Waals surface area contributed by atoms with E-state index in [-0.39, 0.29) is 5.41 Å². The van der Waals surface area contributed by atoms with Gasteiger partial charge in [-0.3, -0.25) is 0 Å². The van der Waals surface area contributed by atoms with Crippen LogP contribution in [-0.2, 0) is 5.41 Å². The van der Waals surface area contributed by atoms with E-state index < -0.39 is 0 Å². The normalized spacial score (nSPS) is 13.3. The molecule has 54 heavy (non-hydrogen) atoms. The number of nitrogens with zero attached hydrogens (tertiary/aromatic N) is 2. The molecule has 3 nitrogen and oxygen atoms in total. The van der Waals surface area contributed by atoms with E-state index >= 15 is 0 Å². The van der Waals surface area contributed by atoms with Crippen LogP contribution in [0.25, 0.3) is 33.4 Å². The summed E-state index contributed by atoms with van der Waals surface area (Å²) < 4.78 is 6.69. The van der Waals surface area contributed by atoms with Crippen molar-refractivity contribution in [1.82, 2.24) is 0 Å². The maximum Gasteiger partial charge on any atom is 0.153 e. The first-order valence-electron chi connectivity index (χ1n) is 18.6. The second kappa shape index (κ2) is 12.7. The van der Waals surface area contributed by atoms with Gasteiger partial charge < -0.3 is 14.5 Å². The fourth-order valence-electron chi connectivity index (χ4n) is 8.31. The standard InChI is InChI=1S/C51H38N2O/c1-51(2)45-18-10-9-17-43(45)44-31-29-41(33-46(44)51)52(40-27-25-38(26-28-40)37-23-21-36(22-24-37)35-13-5-3-6-14-35)42-30-32-48-50(34-42)54-49-20-12-11-19-47(49)53(48)39-15-7-4-8-16-39/h3-34H,1-2H3. The van der Waals surface area contributed by atoms with E-state index in [2.05, 4.69) is 206 Å². The molecule has 0 aromatic heterocycles. The van der Waals surface area contributed by atoms with Crippen LogP contribution >= 0.6 is 0 Å². The summed E-state index contributed by atoms with van der Waals surface area (Å²) in [6, 6.07) is 69.4. The Bertz CT molecular complexity index is 2650. The summed E-state index contributed by atoms with van der Waals surface area (Å²) in [4.78, 5) is 4.65. The Morgan fingerprint density at radius 3 is 1.67 bits per heavy atom. The average molecular weight is 695 g/mol. The Hall–Kier alpha value is -6.84. The quantitative estimate of drug-likeness (QED) is 0.172. The molecule has 0 bridgehead atoms. The molecule has 1 aliphatic heterocycles. The second-order valence-electron chi connectivity index (χ2n) is 14.6. The van der Waals surface area contributed by atoms with E-state index in [4.69, 9.17) is 4.74 Å². The highest BCUT2D eigenvalue weighted by Crippen LogP contribution is 2.54. The van der Waals surface area contributed by atoms with Gasteiger partial charge in [-0.15, -0.1) is 0 Å². The molecule has 8 aromatic rings. The lowest BCUT2D eigenvalue weighted by Crippen LogP contribution is -2.18. The zero-order valence-corrected chi connectivity index (χ0v) is 30.3. The maximum atomic E-state index is 6.69. The summed E-state index contributed by atoms with van der Waals surface area (Å²) >= 11 is 0. The highest BCUT2D eigenvalue weighted by atomic mass is 16.5. The molecule has 0 spiro atoms. The van der Waals surface area contributed by atoms with Gasteiger partial charge in [-0.05, 0) is 105 Å². The maximum absolute atomic E-state index is 6.69. The number of para-hydroxylation sites is 3. The van der Waals surface area contributed by atoms with Crippen molar-refractivity contribution in [1.29, 1.82) is 0 Å². The number of fused-ring (bicyclic) bond motifs is 5. The van der Waals surface area contributed by atoms with Gasteiger partial charge in [0.2, 0.25) is 0 Å². The molecule has 0 radical (unpaired) electrons. The van der Waals surface area contributed by atoms with E-state index in [9.17, 15) is 0 Å². The Balaban J connectivity index is 1.08. The van der Waals surface area contributed by atoms with Gasteiger partial charge in [0, 0.05) is 34.2 Å². The first kappa shape index (κ1) is 31.9. The fourth-order valence-corrected chi connectivity index (χ4v) is 8.31. The average Bonchev–Trinajstić information content (AvgIpc) is 3.46. The molecule has 0 unspecified atom stereocenters. The summed E-state index contributed by atoms with van der Waals surface area (Å²) in [6.45, 7) is 4.68. The number of rotatable bonds is 6. The van der Waals surface area contributed by atoms with Crippen LogP contribution in [0.3, 0.4) is 0 Å². The lowest BCUT2D eigenvalue weighted by atomic mass is 9.82. The number of benzene rings is 8. The van der Waals surface area contributed by atoms with Crippen molar-refractivity contribution in [2.45, 2.75) is 19.3 Å². The van der Waals surface area contributed by atoms with E-state index in [1.807, 2.05) is 12.1 Å². The first-order chi connectivity index (χ1) is 26.5. The van der Waals surface area contributed by atoms with Gasteiger partial charge in [0.05, 0.1) is 11.4 Å². The van der Waals surface area contributed by atoms with Crippen LogP contribution in [0.5, 0.6) is 11.5 Å². The molecular weight excluding hydrogens is 657 g/mol. The Morgan fingerprint density at radius 1 is 0.407 bits per heavy atom. The van der Waals surface area contributed by atoms with Crippen molar-refractivity contribution in [3.63, 3.8) is 0 Å². The van der Waals surface area contributed by atoms with Crippen LogP contribution in [-0.4, -0.2) is 0 Å². The Morgan fingerprint density at radius 2 is 0.926 bits per heavy atom. The highest BCUT2D eigenvalue weighted by molar-refractivity contribution is 5.90. The molecule has 3 heteroatoms. The number of hydrogen-bond donors (Lipinski definition) is 0. The third-order valence-corrected chi connectivity index (χ3v) is 11.1. The third-order valence-electron chi connectivity index (χ3n) is 11.1. The Labute approximate surface area is 317 Å². The molecule has 0 atom stereocenters. The summed E-state index contributed by atoms with van der Waals surface area (Å²) in [6.07, 6.45) is 0.